The molecule has 8 heteroatoms. The van der Waals surface area contributed by atoms with Crippen LogP contribution in [0.15, 0.2) is 29.6 Å². The van der Waals surface area contributed by atoms with Crippen LogP contribution in [0.2, 0.25) is 0 Å². The van der Waals surface area contributed by atoms with Crippen LogP contribution in [-0.4, -0.2) is 51.6 Å². The van der Waals surface area contributed by atoms with E-state index < -0.39 is 17.9 Å². The highest BCUT2D eigenvalue weighted by atomic mass is 32.1. The van der Waals surface area contributed by atoms with Crippen molar-refractivity contribution >= 4 is 34.2 Å². The van der Waals surface area contributed by atoms with Gasteiger partial charge in [0.25, 0.3) is 11.8 Å². The van der Waals surface area contributed by atoms with Gasteiger partial charge in [-0.2, -0.15) is 0 Å². The van der Waals surface area contributed by atoms with E-state index in [1.54, 1.807) is 24.3 Å². The quantitative estimate of drug-likeness (QED) is 0.639. The normalized spacial score (nSPS) is 18.3. The minimum Gasteiger partial charge on any atom is -0.300 e. The number of carbonyl (C=O) groups excluding carboxylic acids is 3. The zero-order chi connectivity index (χ0) is 22.8. The summed E-state index contributed by atoms with van der Waals surface area (Å²) in [4.78, 5) is 47.2. The molecule has 3 amide bonds. The number of piperidine rings is 1. The van der Waals surface area contributed by atoms with Gasteiger partial charge in [-0.1, -0.05) is 32.9 Å². The zero-order valence-corrected chi connectivity index (χ0v) is 19.7. The van der Waals surface area contributed by atoms with E-state index in [2.05, 4.69) is 22.1 Å². The highest BCUT2D eigenvalue weighted by Crippen LogP contribution is 2.28. The number of likely N-dealkylation sites (tertiary alicyclic amines) is 1. The molecule has 1 aromatic heterocycles. The van der Waals surface area contributed by atoms with Crippen LogP contribution in [0.3, 0.4) is 0 Å². The lowest BCUT2D eigenvalue weighted by molar-refractivity contribution is -0.120. The second-order valence-electron chi connectivity index (χ2n) is 9.26. The minimum absolute atomic E-state index is 0.128. The fourth-order valence-corrected chi connectivity index (χ4v) is 5.05. The number of aromatic nitrogens is 1. The van der Waals surface area contributed by atoms with Crippen LogP contribution in [0, 0.1) is 11.8 Å². The monoisotopic (exact) mass is 454 g/mol. The maximum absolute atomic E-state index is 13.2. The molecule has 3 heterocycles. The fourth-order valence-electron chi connectivity index (χ4n) is 4.34. The Balaban J connectivity index is 1.46. The Morgan fingerprint density at radius 2 is 1.78 bits per heavy atom. The number of thiazole rings is 1. The van der Waals surface area contributed by atoms with Gasteiger partial charge in [0.1, 0.15) is 6.04 Å². The predicted molar refractivity (Wildman–Crippen MR) is 125 cm³/mol. The van der Waals surface area contributed by atoms with Crippen molar-refractivity contribution < 1.29 is 14.4 Å². The van der Waals surface area contributed by atoms with Gasteiger partial charge in [0.15, 0.2) is 5.13 Å². The summed E-state index contributed by atoms with van der Waals surface area (Å²) in [6.45, 7) is 9.13. The van der Waals surface area contributed by atoms with Gasteiger partial charge in [-0.25, -0.2) is 4.98 Å². The van der Waals surface area contributed by atoms with Crippen LogP contribution in [0.4, 0.5) is 5.13 Å². The van der Waals surface area contributed by atoms with Crippen molar-refractivity contribution in [1.29, 1.82) is 0 Å². The number of nitrogens with zero attached hydrogens (tertiary/aromatic N) is 3. The van der Waals surface area contributed by atoms with Crippen LogP contribution in [0.1, 0.15) is 66.4 Å². The van der Waals surface area contributed by atoms with E-state index >= 15 is 0 Å². The largest absolute Gasteiger partial charge is 0.300 e. The van der Waals surface area contributed by atoms with Gasteiger partial charge in [0, 0.05) is 11.9 Å². The number of hydrogen-bond acceptors (Lipinski definition) is 6. The molecule has 2 aromatic rings. The molecule has 4 rings (SSSR count). The topological polar surface area (TPSA) is 82.6 Å². The molecule has 7 nitrogen and oxygen atoms in total. The SMILES string of the molecule is CC(C)CC(C(=O)Nc1nc(CN2CCC(C)CC2)cs1)N1C(=O)c2ccccc2C1=O. The van der Waals surface area contributed by atoms with E-state index in [4.69, 9.17) is 0 Å². The lowest BCUT2D eigenvalue weighted by atomic mass is 9.99. The van der Waals surface area contributed by atoms with Crippen LogP contribution in [0.25, 0.3) is 0 Å². The first-order valence-corrected chi connectivity index (χ1v) is 12.2. The predicted octanol–water partition coefficient (Wildman–Crippen LogP) is 4.02. The molecular formula is C24H30N4O3S. The first-order chi connectivity index (χ1) is 15.3. The maximum Gasteiger partial charge on any atom is 0.262 e. The van der Waals surface area contributed by atoms with Gasteiger partial charge in [0.05, 0.1) is 16.8 Å². The molecular weight excluding hydrogens is 424 g/mol. The summed E-state index contributed by atoms with van der Waals surface area (Å²) in [7, 11) is 0. The molecule has 0 radical (unpaired) electrons. The second-order valence-corrected chi connectivity index (χ2v) is 10.1. The third-order valence-electron chi connectivity index (χ3n) is 6.18. The molecule has 0 spiro atoms. The number of carbonyl (C=O) groups is 3. The Kier molecular flexibility index (Phi) is 6.71. The number of fused-ring (bicyclic) bond motifs is 1. The fraction of sp³-hybridized carbons (Fsp3) is 0.500. The van der Waals surface area contributed by atoms with Crippen molar-refractivity contribution in [3.63, 3.8) is 0 Å². The van der Waals surface area contributed by atoms with Crippen LogP contribution in [-0.2, 0) is 11.3 Å². The molecule has 1 atom stereocenters. The van der Waals surface area contributed by atoms with Crippen molar-refractivity contribution in [3.05, 3.63) is 46.5 Å². The first-order valence-electron chi connectivity index (χ1n) is 11.3. The van der Waals surface area contributed by atoms with Gasteiger partial charge in [-0.05, 0) is 56.3 Å². The molecule has 2 aliphatic heterocycles. The number of amides is 3. The molecule has 1 N–H and O–H groups in total. The van der Waals surface area contributed by atoms with E-state index in [1.807, 2.05) is 19.2 Å². The van der Waals surface area contributed by atoms with Crippen LogP contribution in [0.5, 0.6) is 0 Å². The number of imide groups is 1. The molecule has 2 aliphatic rings. The molecule has 0 bridgehead atoms. The standard InChI is InChI=1S/C24H30N4O3S/c1-15(2)12-20(28-22(30)18-6-4-5-7-19(18)23(28)31)21(29)26-24-25-17(14-32-24)13-27-10-8-16(3)9-11-27/h4-7,14-16,20H,8-13H2,1-3H3,(H,25,26,29). The molecule has 170 valence electrons. The number of anilines is 1. The summed E-state index contributed by atoms with van der Waals surface area (Å²) in [5.41, 5.74) is 1.64. The number of rotatable bonds is 7. The third-order valence-corrected chi connectivity index (χ3v) is 6.98. The molecule has 1 fully saturated rings. The van der Waals surface area contributed by atoms with Crippen LogP contribution < -0.4 is 5.32 Å². The van der Waals surface area contributed by atoms with E-state index in [1.165, 1.54) is 24.2 Å². The van der Waals surface area contributed by atoms with Crippen molar-refractivity contribution in [2.24, 2.45) is 11.8 Å². The summed E-state index contributed by atoms with van der Waals surface area (Å²) in [5.74, 6) is -0.294. The minimum atomic E-state index is -0.877. The van der Waals surface area contributed by atoms with Gasteiger partial charge in [-0.3, -0.25) is 24.2 Å². The molecule has 1 saturated heterocycles. The van der Waals surface area contributed by atoms with Crippen LogP contribution >= 0.6 is 11.3 Å². The van der Waals surface area contributed by atoms with Crippen molar-refractivity contribution in [2.45, 2.75) is 52.6 Å². The van der Waals surface area contributed by atoms with Gasteiger partial charge >= 0.3 is 0 Å². The number of benzene rings is 1. The van der Waals surface area contributed by atoms with E-state index in [0.717, 1.165) is 36.1 Å². The van der Waals surface area contributed by atoms with E-state index in [-0.39, 0.29) is 11.8 Å². The van der Waals surface area contributed by atoms with Gasteiger partial charge in [0.2, 0.25) is 5.91 Å². The average molecular weight is 455 g/mol. The third kappa shape index (κ3) is 4.76. The van der Waals surface area contributed by atoms with E-state index in [9.17, 15) is 14.4 Å². The molecule has 0 aliphatic carbocycles. The summed E-state index contributed by atoms with van der Waals surface area (Å²) < 4.78 is 0. The number of nitrogens with one attached hydrogen (secondary N) is 1. The smallest absolute Gasteiger partial charge is 0.262 e. The first kappa shape index (κ1) is 22.6. The second kappa shape index (κ2) is 9.50. The van der Waals surface area contributed by atoms with Crippen molar-refractivity contribution in [1.82, 2.24) is 14.8 Å². The highest BCUT2D eigenvalue weighted by molar-refractivity contribution is 7.13. The Bertz CT molecular complexity index is 975. The lowest BCUT2D eigenvalue weighted by Crippen LogP contribution is -2.47. The number of hydrogen-bond donors (Lipinski definition) is 1. The summed E-state index contributed by atoms with van der Waals surface area (Å²) in [5, 5.41) is 5.33. The molecule has 1 unspecified atom stereocenters. The Labute approximate surface area is 192 Å². The van der Waals surface area contributed by atoms with Crippen molar-refractivity contribution in [2.75, 3.05) is 18.4 Å². The average Bonchev–Trinajstić information content (AvgIpc) is 3.30. The Hall–Kier alpha value is -2.58. The molecule has 1 aromatic carbocycles. The lowest BCUT2D eigenvalue weighted by Gasteiger charge is -2.29. The van der Waals surface area contributed by atoms with Gasteiger partial charge < -0.3 is 5.32 Å². The highest BCUT2D eigenvalue weighted by Gasteiger charge is 2.42. The molecule has 0 saturated carbocycles. The van der Waals surface area contributed by atoms with Crippen molar-refractivity contribution in [3.8, 4) is 0 Å². The summed E-state index contributed by atoms with van der Waals surface area (Å²) in [6.07, 6.45) is 2.79. The zero-order valence-electron chi connectivity index (χ0n) is 18.8. The Morgan fingerprint density at radius 1 is 1.16 bits per heavy atom. The molecule has 32 heavy (non-hydrogen) atoms. The van der Waals surface area contributed by atoms with E-state index in [0.29, 0.717) is 22.7 Å². The maximum atomic E-state index is 13.2. The summed E-state index contributed by atoms with van der Waals surface area (Å²) in [6, 6.07) is 5.84. The Morgan fingerprint density at radius 3 is 2.38 bits per heavy atom. The van der Waals surface area contributed by atoms with Gasteiger partial charge in [-0.15, -0.1) is 11.3 Å². The summed E-state index contributed by atoms with van der Waals surface area (Å²) >= 11 is 1.38.